The minimum Gasteiger partial charge on any atom is -0.706 e. The molecule has 0 nitrogen and oxygen atoms in total. The summed E-state index contributed by atoms with van der Waals surface area (Å²) in [5, 5.41) is 0. The second-order valence-corrected chi connectivity index (χ2v) is 3.85. The molecule has 0 aliphatic carbocycles. The fourth-order valence-corrected chi connectivity index (χ4v) is 0. The van der Waals surface area contributed by atoms with Crippen LogP contribution < -0.4 is 0 Å². The van der Waals surface area contributed by atoms with Crippen molar-refractivity contribution in [2.75, 3.05) is 0 Å². The first-order chi connectivity index (χ1) is 1.91. The van der Waals surface area contributed by atoms with Crippen molar-refractivity contribution in [3.05, 3.63) is 0 Å². The van der Waals surface area contributed by atoms with Gasteiger partial charge in [0.05, 0.1) is 0 Å². The van der Waals surface area contributed by atoms with E-state index in [2.05, 4.69) is 23.3 Å². The number of hydrogen-bond acceptors (Lipinski definition) is 4. The summed E-state index contributed by atoms with van der Waals surface area (Å²) in [5.74, 6) is 0. The van der Waals surface area contributed by atoms with Gasteiger partial charge in [0.25, 0.3) is 0 Å². The van der Waals surface area contributed by atoms with E-state index in [0.29, 0.717) is 0 Å². The zero-order valence-corrected chi connectivity index (χ0v) is 8.16. The van der Waals surface area contributed by atoms with Crippen LogP contribution in [0.15, 0.2) is 0 Å². The Balaban J connectivity index is -0.0000000450. The van der Waals surface area contributed by atoms with E-state index in [1.54, 1.807) is 0 Å². The van der Waals surface area contributed by atoms with Gasteiger partial charge >= 0.3 is 0 Å². The maximum absolute atomic E-state index is 4.36. The molecule has 0 N–H and O–H groups in total. The van der Waals surface area contributed by atoms with E-state index in [-0.39, 0.29) is 35.0 Å². The third-order valence-corrected chi connectivity index (χ3v) is 2.46. The van der Waals surface area contributed by atoms with Crippen molar-refractivity contribution in [2.24, 2.45) is 0 Å². The average Bonchev–Trinajstić information content (AvgIpc) is 1.37. The monoisotopic (exact) mass is 238 g/mol. The Morgan fingerprint density at radius 2 is 1.67 bits per heavy atom. The summed E-state index contributed by atoms with van der Waals surface area (Å²) in [7, 11) is 2.50. The summed E-state index contributed by atoms with van der Waals surface area (Å²) in [4.78, 5) is 0. The van der Waals surface area contributed by atoms with Crippen LogP contribution in [-0.2, 0) is 46.7 Å². The first-order valence-electron chi connectivity index (χ1n) is 0.516. The van der Waals surface area contributed by atoms with Gasteiger partial charge in [0.15, 0.2) is 0 Å². The maximum Gasteiger partial charge on any atom is 0 e. The van der Waals surface area contributed by atoms with Crippen LogP contribution in [0, 0.1) is 0 Å². The van der Waals surface area contributed by atoms with E-state index in [1.165, 1.54) is 19.7 Å². The minimum atomic E-state index is 0. The molecule has 0 saturated carbocycles. The molecule has 0 aliphatic heterocycles. The molecule has 0 aromatic heterocycles. The van der Waals surface area contributed by atoms with Crippen molar-refractivity contribution in [1.29, 1.82) is 0 Å². The summed E-state index contributed by atoms with van der Waals surface area (Å²) in [6.07, 6.45) is 0. The van der Waals surface area contributed by atoms with Gasteiger partial charge in [0.1, 0.15) is 0 Å². The van der Waals surface area contributed by atoms with Crippen LogP contribution in [0.4, 0.5) is 0 Å². The van der Waals surface area contributed by atoms with Gasteiger partial charge in [-0.15, -0.1) is 11.7 Å². The predicted molar refractivity (Wildman–Crippen MR) is 31.5 cm³/mol. The Morgan fingerprint density at radius 3 is 1.67 bits per heavy atom. The second-order valence-electron chi connectivity index (χ2n) is 0.143. The van der Waals surface area contributed by atoms with Crippen LogP contribution in [-0.4, -0.2) is 0 Å². The first-order valence-corrected chi connectivity index (χ1v) is 4.64. The normalized spacial score (nSPS) is 5.00. The zero-order valence-electron chi connectivity index (χ0n) is 2.44. The van der Waals surface area contributed by atoms with Crippen molar-refractivity contribution < 1.29 is 35.0 Å². The molecule has 0 aromatic carbocycles. The van der Waals surface area contributed by atoms with Crippen molar-refractivity contribution in [3.8, 4) is 0 Å². The molecule has 0 aromatic rings. The zero-order chi connectivity index (χ0) is 3.41. The molecule has 0 unspecified atom stereocenters. The molecule has 6 heavy (non-hydrogen) atoms. The quantitative estimate of drug-likeness (QED) is 0.320. The van der Waals surface area contributed by atoms with Crippen molar-refractivity contribution in [2.45, 2.75) is 0 Å². The molecule has 0 fully saturated rings. The summed E-state index contributed by atoms with van der Waals surface area (Å²) in [5.41, 5.74) is 0. The molecule has 0 spiro atoms. The fraction of sp³-hybridized carbons (Fsp3) is 0. The molecule has 0 amide bonds. The molecule has 0 atom stereocenters. The predicted octanol–water partition coefficient (Wildman–Crippen LogP) is 1.67. The molecule has 0 aliphatic rings. The Morgan fingerprint density at radius 1 is 1.50 bits per heavy atom. The van der Waals surface area contributed by atoms with Crippen molar-refractivity contribution in [1.82, 2.24) is 0 Å². The fourth-order valence-electron chi connectivity index (χ4n) is 0. The van der Waals surface area contributed by atoms with E-state index < -0.39 is 0 Å². The van der Waals surface area contributed by atoms with Gasteiger partial charge in [0.2, 0.25) is 0 Å². The van der Waals surface area contributed by atoms with Crippen LogP contribution in [0.1, 0.15) is 0 Å². The van der Waals surface area contributed by atoms with Crippen LogP contribution >= 0.6 is 31.3 Å². The Bertz CT molecular complexity index is 9.51. The summed E-state index contributed by atoms with van der Waals surface area (Å²) in [6.45, 7) is 0. The van der Waals surface area contributed by atoms with Crippen LogP contribution in [0.3, 0.4) is 0 Å². The van der Waals surface area contributed by atoms with Gasteiger partial charge in [-0.05, 0) is 0 Å². The smallest absolute Gasteiger partial charge is 0 e. The van der Waals surface area contributed by atoms with Crippen molar-refractivity contribution in [3.63, 3.8) is 0 Å². The van der Waals surface area contributed by atoms with E-state index in [4.69, 9.17) is 0 Å². The van der Waals surface area contributed by atoms with Crippen molar-refractivity contribution >= 4 is 43.0 Å². The first kappa shape index (κ1) is 15.8. The van der Waals surface area contributed by atoms with Crippen LogP contribution in [0.25, 0.3) is 0 Å². The van der Waals surface area contributed by atoms with E-state index in [1.807, 2.05) is 0 Å². The van der Waals surface area contributed by atoms with E-state index in [0.717, 1.165) is 0 Å². The van der Waals surface area contributed by atoms with Gasteiger partial charge in [-0.3, -0.25) is 9.83 Å². The Hall–Kier alpha value is 2.48. The third kappa shape index (κ3) is 16.1. The molecule has 41 valence electrons. The third-order valence-electron chi connectivity index (χ3n) is 0.0304. The van der Waals surface area contributed by atoms with E-state index >= 15 is 0 Å². The summed E-state index contributed by atoms with van der Waals surface area (Å²) >= 11 is 8.05. The standard InChI is InChI=1S/Ni.H2S4.V/c;1-3-4-2;/h;1-2H;/p-1. The van der Waals surface area contributed by atoms with Crippen LogP contribution in [0.5, 0.6) is 0 Å². The molecule has 0 saturated heterocycles. The summed E-state index contributed by atoms with van der Waals surface area (Å²) < 4.78 is 0. The topological polar surface area (TPSA) is 0 Å². The van der Waals surface area contributed by atoms with Gasteiger partial charge < -0.3 is 11.7 Å². The van der Waals surface area contributed by atoms with E-state index in [9.17, 15) is 0 Å². The number of thiol groups is 1. The van der Waals surface area contributed by atoms with Gasteiger partial charge in [-0.1, -0.05) is 9.83 Å². The molecule has 0 rings (SSSR count). The minimum absolute atomic E-state index is 0. The van der Waals surface area contributed by atoms with Gasteiger partial charge in [0, 0.05) is 35.0 Å². The Kier molecular flexibility index (Phi) is 41.2. The largest absolute Gasteiger partial charge is 0.706 e. The molecule has 0 bridgehead atoms. The molecule has 6 heteroatoms. The molecule has 1 radical (unpaired) electrons. The number of rotatable bonds is 1. The number of hydrogen-bond donors (Lipinski definition) is 1. The van der Waals surface area contributed by atoms with Crippen LogP contribution in [0.2, 0.25) is 0 Å². The summed E-state index contributed by atoms with van der Waals surface area (Å²) in [6, 6.07) is 0. The van der Waals surface area contributed by atoms with Gasteiger partial charge in [-0.25, -0.2) is 0 Å². The SMILES string of the molecule is [Ni].[S-]SSS.[V]. The van der Waals surface area contributed by atoms with Gasteiger partial charge in [-0.2, -0.15) is 0 Å². The Labute approximate surface area is 77.2 Å². The second kappa shape index (κ2) is 15.6. The average molecular weight is 239 g/mol. The molecular formula is HNiS4V-. The molecular weight excluding hydrogens is 238 g/mol. The molecule has 0 heterocycles. The maximum atomic E-state index is 4.36.